The Balaban J connectivity index is 2.12. The molecule has 0 spiro atoms. The van der Waals surface area contributed by atoms with Gasteiger partial charge in [-0.1, -0.05) is 0 Å². The number of piperidine rings is 1. The lowest BCUT2D eigenvalue weighted by molar-refractivity contribution is 0.0628. The summed E-state index contributed by atoms with van der Waals surface area (Å²) in [7, 11) is 4.11. The minimum Gasteiger partial charge on any atom is -0.336 e. The SMILES string of the molecule is CN(C)[C@H]1CCCN(C(=O)c2ncncc2Br)C1. The average molecular weight is 313 g/mol. The number of carbonyl (C=O) groups excluding carboxylic acids is 1. The molecular formula is C12H17BrN4O. The van der Waals surface area contributed by atoms with Gasteiger partial charge in [-0.2, -0.15) is 0 Å². The van der Waals surface area contributed by atoms with Gasteiger partial charge in [0.1, 0.15) is 12.0 Å². The summed E-state index contributed by atoms with van der Waals surface area (Å²) >= 11 is 3.32. The first-order valence-corrected chi connectivity index (χ1v) is 6.80. The van der Waals surface area contributed by atoms with Crippen molar-refractivity contribution in [3.8, 4) is 0 Å². The van der Waals surface area contributed by atoms with Crippen molar-refractivity contribution in [2.45, 2.75) is 18.9 Å². The molecule has 18 heavy (non-hydrogen) atoms. The number of nitrogens with zero attached hydrogens (tertiary/aromatic N) is 4. The van der Waals surface area contributed by atoms with Crippen molar-refractivity contribution in [2.75, 3.05) is 27.2 Å². The molecule has 2 rings (SSSR count). The maximum Gasteiger partial charge on any atom is 0.273 e. The Kier molecular flexibility index (Phi) is 4.29. The summed E-state index contributed by atoms with van der Waals surface area (Å²) in [6.45, 7) is 1.57. The lowest BCUT2D eigenvalue weighted by Gasteiger charge is -2.36. The standard InChI is InChI=1S/C12H17BrN4O/c1-16(2)9-4-3-5-17(7-9)12(18)11-10(13)6-14-8-15-11/h6,8-9H,3-5,7H2,1-2H3/t9-/m0/s1. The number of likely N-dealkylation sites (N-methyl/N-ethyl adjacent to an activating group) is 1. The van der Waals surface area contributed by atoms with E-state index in [0.717, 1.165) is 25.9 Å². The fourth-order valence-corrected chi connectivity index (χ4v) is 2.57. The molecule has 1 saturated heterocycles. The number of hydrogen-bond acceptors (Lipinski definition) is 4. The average Bonchev–Trinajstić information content (AvgIpc) is 2.38. The van der Waals surface area contributed by atoms with Crippen LogP contribution < -0.4 is 0 Å². The van der Waals surface area contributed by atoms with Gasteiger partial charge in [0.2, 0.25) is 0 Å². The van der Waals surface area contributed by atoms with Crippen molar-refractivity contribution < 1.29 is 4.79 Å². The normalized spacial score (nSPS) is 20.2. The largest absolute Gasteiger partial charge is 0.336 e. The quantitative estimate of drug-likeness (QED) is 0.828. The van der Waals surface area contributed by atoms with E-state index in [9.17, 15) is 4.79 Å². The molecule has 1 aliphatic rings. The highest BCUT2D eigenvalue weighted by molar-refractivity contribution is 9.10. The number of halogens is 1. The molecule has 0 aliphatic carbocycles. The van der Waals surface area contributed by atoms with Crippen LogP contribution in [0.2, 0.25) is 0 Å². The van der Waals surface area contributed by atoms with Crippen LogP contribution in [0.5, 0.6) is 0 Å². The van der Waals surface area contributed by atoms with E-state index < -0.39 is 0 Å². The molecule has 6 heteroatoms. The zero-order valence-electron chi connectivity index (χ0n) is 10.6. The molecule has 0 saturated carbocycles. The van der Waals surface area contributed by atoms with Gasteiger partial charge in [0.05, 0.1) is 4.47 Å². The van der Waals surface area contributed by atoms with E-state index in [1.165, 1.54) is 6.33 Å². The molecule has 1 atom stereocenters. The van der Waals surface area contributed by atoms with Crippen LogP contribution in [-0.4, -0.2) is 58.9 Å². The first-order chi connectivity index (χ1) is 8.59. The fraction of sp³-hybridized carbons (Fsp3) is 0.583. The molecular weight excluding hydrogens is 296 g/mol. The van der Waals surface area contributed by atoms with E-state index in [0.29, 0.717) is 16.2 Å². The summed E-state index contributed by atoms with van der Waals surface area (Å²) in [5.74, 6) is -0.0178. The van der Waals surface area contributed by atoms with Crippen LogP contribution in [0.15, 0.2) is 17.0 Å². The molecule has 1 aliphatic heterocycles. The first kappa shape index (κ1) is 13.4. The van der Waals surface area contributed by atoms with Gasteiger partial charge in [0.15, 0.2) is 0 Å². The van der Waals surface area contributed by atoms with Crippen molar-refractivity contribution in [2.24, 2.45) is 0 Å². The highest BCUT2D eigenvalue weighted by Gasteiger charge is 2.27. The highest BCUT2D eigenvalue weighted by Crippen LogP contribution is 2.19. The molecule has 0 N–H and O–H groups in total. The molecule has 98 valence electrons. The second-order valence-corrected chi connectivity index (χ2v) is 5.58. The molecule has 1 aromatic rings. The Bertz CT molecular complexity index is 438. The Morgan fingerprint density at radius 2 is 2.33 bits per heavy atom. The minimum atomic E-state index is -0.0178. The van der Waals surface area contributed by atoms with Gasteiger partial charge in [0, 0.05) is 25.3 Å². The molecule has 0 unspecified atom stereocenters. The molecule has 1 aromatic heterocycles. The summed E-state index contributed by atoms with van der Waals surface area (Å²) in [5.41, 5.74) is 0.449. The van der Waals surface area contributed by atoms with Gasteiger partial charge in [-0.25, -0.2) is 9.97 Å². The van der Waals surface area contributed by atoms with Crippen molar-refractivity contribution >= 4 is 21.8 Å². The monoisotopic (exact) mass is 312 g/mol. The van der Waals surface area contributed by atoms with E-state index in [1.54, 1.807) is 6.20 Å². The third-order valence-electron chi connectivity index (χ3n) is 3.28. The number of likely N-dealkylation sites (tertiary alicyclic amines) is 1. The van der Waals surface area contributed by atoms with Gasteiger partial charge in [-0.3, -0.25) is 4.79 Å². The second-order valence-electron chi connectivity index (χ2n) is 4.73. The summed E-state index contributed by atoms with van der Waals surface area (Å²) in [6.07, 6.45) is 5.19. The molecule has 0 bridgehead atoms. The van der Waals surface area contributed by atoms with E-state index in [1.807, 2.05) is 4.90 Å². The van der Waals surface area contributed by atoms with Crippen LogP contribution in [-0.2, 0) is 0 Å². The second kappa shape index (κ2) is 5.75. The predicted molar refractivity (Wildman–Crippen MR) is 72.3 cm³/mol. The predicted octanol–water partition coefficient (Wildman–Crippen LogP) is 1.41. The van der Waals surface area contributed by atoms with Crippen LogP contribution in [0.3, 0.4) is 0 Å². The summed E-state index contributed by atoms with van der Waals surface area (Å²) < 4.78 is 0.655. The van der Waals surface area contributed by atoms with Crippen LogP contribution in [0, 0.1) is 0 Å². The molecule has 2 heterocycles. The zero-order valence-corrected chi connectivity index (χ0v) is 12.2. The van der Waals surface area contributed by atoms with E-state index in [-0.39, 0.29) is 5.91 Å². The molecule has 1 amide bonds. The van der Waals surface area contributed by atoms with Gasteiger partial charge < -0.3 is 9.80 Å². The molecule has 5 nitrogen and oxygen atoms in total. The lowest BCUT2D eigenvalue weighted by atomic mass is 10.0. The van der Waals surface area contributed by atoms with Gasteiger partial charge >= 0.3 is 0 Å². The van der Waals surface area contributed by atoms with Gasteiger partial charge in [-0.05, 0) is 42.9 Å². The van der Waals surface area contributed by atoms with Crippen LogP contribution in [0.1, 0.15) is 23.3 Å². The van der Waals surface area contributed by atoms with E-state index >= 15 is 0 Å². The Hall–Kier alpha value is -1.01. The number of carbonyl (C=O) groups is 1. The Morgan fingerprint density at radius 1 is 1.56 bits per heavy atom. The van der Waals surface area contributed by atoms with Gasteiger partial charge in [-0.15, -0.1) is 0 Å². The van der Waals surface area contributed by atoms with Crippen molar-refractivity contribution in [1.82, 2.24) is 19.8 Å². The lowest BCUT2D eigenvalue weighted by Crippen LogP contribution is -2.47. The smallest absolute Gasteiger partial charge is 0.273 e. The Morgan fingerprint density at radius 3 is 3.00 bits per heavy atom. The van der Waals surface area contributed by atoms with Crippen molar-refractivity contribution in [3.05, 3.63) is 22.7 Å². The van der Waals surface area contributed by atoms with Crippen LogP contribution >= 0.6 is 15.9 Å². The molecule has 0 aromatic carbocycles. The van der Waals surface area contributed by atoms with E-state index in [4.69, 9.17) is 0 Å². The number of amides is 1. The van der Waals surface area contributed by atoms with E-state index in [2.05, 4.69) is 44.9 Å². The third-order valence-corrected chi connectivity index (χ3v) is 3.86. The summed E-state index contributed by atoms with van der Waals surface area (Å²) in [4.78, 5) is 24.4. The molecule has 1 fully saturated rings. The Labute approximate surface area is 115 Å². The maximum absolute atomic E-state index is 12.4. The zero-order chi connectivity index (χ0) is 13.1. The number of hydrogen-bond donors (Lipinski definition) is 0. The third kappa shape index (κ3) is 2.87. The van der Waals surface area contributed by atoms with Crippen molar-refractivity contribution in [1.29, 1.82) is 0 Å². The van der Waals surface area contributed by atoms with Crippen LogP contribution in [0.4, 0.5) is 0 Å². The molecule has 0 radical (unpaired) electrons. The van der Waals surface area contributed by atoms with Crippen molar-refractivity contribution in [3.63, 3.8) is 0 Å². The van der Waals surface area contributed by atoms with Gasteiger partial charge in [0.25, 0.3) is 5.91 Å². The highest BCUT2D eigenvalue weighted by atomic mass is 79.9. The maximum atomic E-state index is 12.4. The summed E-state index contributed by atoms with van der Waals surface area (Å²) in [6, 6.07) is 0.434. The summed E-state index contributed by atoms with van der Waals surface area (Å²) in [5, 5.41) is 0. The minimum absolute atomic E-state index is 0.0178. The number of rotatable bonds is 2. The topological polar surface area (TPSA) is 49.3 Å². The number of aromatic nitrogens is 2. The first-order valence-electron chi connectivity index (χ1n) is 6.01. The fourth-order valence-electron chi connectivity index (χ4n) is 2.18. The van der Waals surface area contributed by atoms with Crippen LogP contribution in [0.25, 0.3) is 0 Å².